The Morgan fingerprint density at radius 3 is 2.94 bits per heavy atom. The van der Waals surface area contributed by atoms with Crippen LogP contribution in [0.3, 0.4) is 0 Å². The molecule has 0 aliphatic carbocycles. The van der Waals surface area contributed by atoms with E-state index >= 15 is 0 Å². The van der Waals surface area contributed by atoms with Crippen molar-refractivity contribution in [1.82, 2.24) is 24.7 Å². The highest BCUT2D eigenvalue weighted by molar-refractivity contribution is 5.88. The van der Waals surface area contributed by atoms with Gasteiger partial charge in [0.15, 0.2) is 0 Å². The highest BCUT2D eigenvalue weighted by Crippen LogP contribution is 2.27. The predicted molar refractivity (Wildman–Crippen MR) is 120 cm³/mol. The number of pyridine rings is 1. The Morgan fingerprint density at radius 1 is 1.16 bits per heavy atom. The van der Waals surface area contributed by atoms with Gasteiger partial charge < -0.3 is 14.8 Å². The number of benzene rings is 1. The minimum absolute atomic E-state index is 0.188. The van der Waals surface area contributed by atoms with Crippen molar-refractivity contribution in [1.29, 1.82) is 0 Å². The van der Waals surface area contributed by atoms with Gasteiger partial charge in [-0.1, -0.05) is 12.1 Å². The molecule has 1 aromatic carbocycles. The molecule has 0 amide bonds. The van der Waals surface area contributed by atoms with Gasteiger partial charge in [0.25, 0.3) is 5.56 Å². The molecular formula is C23H22N6O3. The lowest BCUT2D eigenvalue weighted by Crippen LogP contribution is -2.37. The number of hydrogen-bond donors (Lipinski definition) is 1. The van der Waals surface area contributed by atoms with Crippen LogP contribution in [0, 0.1) is 6.92 Å². The van der Waals surface area contributed by atoms with Gasteiger partial charge in [0, 0.05) is 23.2 Å². The van der Waals surface area contributed by atoms with Crippen LogP contribution >= 0.6 is 0 Å². The second-order valence-electron chi connectivity index (χ2n) is 7.60. The van der Waals surface area contributed by atoms with Crippen molar-refractivity contribution >= 4 is 16.7 Å². The average molecular weight is 430 g/mol. The van der Waals surface area contributed by atoms with Crippen LogP contribution in [0.4, 0.5) is 5.82 Å². The number of fused-ring (bicyclic) bond motifs is 1. The van der Waals surface area contributed by atoms with Crippen LogP contribution in [0.25, 0.3) is 22.2 Å². The zero-order valence-corrected chi connectivity index (χ0v) is 17.7. The van der Waals surface area contributed by atoms with Crippen LogP contribution < -0.4 is 15.6 Å². The van der Waals surface area contributed by atoms with E-state index in [2.05, 4.69) is 25.4 Å². The smallest absolute Gasteiger partial charge is 0.267 e. The Labute approximate surface area is 184 Å². The first-order chi connectivity index (χ1) is 15.6. The van der Waals surface area contributed by atoms with Crippen molar-refractivity contribution in [2.24, 2.45) is 0 Å². The standard InChI is InChI=1S/C23H22N6O3/c1-14-25-19-11-24-9-8-17(19)23(26-14)27-20-12-32-13-21(20)29-22(30)7-6-18(28-29)15-4-3-5-16(10-15)31-2/h3-11,20-21H,12-13H2,1-2H3,(H,25,26,27). The fraction of sp³-hybridized carbons (Fsp3) is 0.261. The third-order valence-corrected chi connectivity index (χ3v) is 5.49. The normalized spacial score (nSPS) is 18.1. The Hall–Kier alpha value is -3.85. The number of aryl methyl sites for hydroxylation is 1. The second kappa shape index (κ2) is 8.35. The molecule has 4 aromatic rings. The van der Waals surface area contributed by atoms with Crippen molar-refractivity contribution < 1.29 is 9.47 Å². The number of methoxy groups -OCH3 is 1. The summed E-state index contributed by atoms with van der Waals surface area (Å²) < 4.78 is 12.6. The Bertz CT molecular complexity index is 1340. The van der Waals surface area contributed by atoms with Gasteiger partial charge in [0.05, 0.1) is 43.8 Å². The summed E-state index contributed by atoms with van der Waals surface area (Å²) in [6, 6.07) is 12.2. The van der Waals surface area contributed by atoms with E-state index in [0.29, 0.717) is 30.5 Å². The van der Waals surface area contributed by atoms with Crippen LogP contribution in [0.2, 0.25) is 0 Å². The summed E-state index contributed by atoms with van der Waals surface area (Å²) in [6.07, 6.45) is 3.42. The molecule has 162 valence electrons. The summed E-state index contributed by atoms with van der Waals surface area (Å²) in [5.74, 6) is 2.05. The van der Waals surface area contributed by atoms with Gasteiger partial charge >= 0.3 is 0 Å². The zero-order valence-electron chi connectivity index (χ0n) is 17.7. The molecule has 0 saturated carbocycles. The maximum atomic E-state index is 12.7. The number of hydrogen-bond acceptors (Lipinski definition) is 8. The highest BCUT2D eigenvalue weighted by Gasteiger charge is 2.32. The minimum atomic E-state index is -0.291. The molecule has 32 heavy (non-hydrogen) atoms. The fourth-order valence-corrected chi connectivity index (χ4v) is 3.90. The minimum Gasteiger partial charge on any atom is -0.497 e. The molecule has 1 fully saturated rings. The van der Waals surface area contributed by atoms with Crippen molar-refractivity contribution in [2.75, 3.05) is 25.6 Å². The lowest BCUT2D eigenvalue weighted by molar-refractivity contribution is 0.183. The van der Waals surface area contributed by atoms with E-state index in [0.717, 1.165) is 22.2 Å². The molecule has 2 atom stereocenters. The van der Waals surface area contributed by atoms with Gasteiger partial charge in [0.1, 0.15) is 23.4 Å². The van der Waals surface area contributed by atoms with Gasteiger partial charge in [-0.05, 0) is 31.2 Å². The summed E-state index contributed by atoms with van der Waals surface area (Å²) in [4.78, 5) is 25.9. The maximum absolute atomic E-state index is 12.7. The Balaban J connectivity index is 1.49. The summed E-state index contributed by atoms with van der Waals surface area (Å²) in [7, 11) is 1.62. The fourth-order valence-electron chi connectivity index (χ4n) is 3.90. The summed E-state index contributed by atoms with van der Waals surface area (Å²) >= 11 is 0. The monoisotopic (exact) mass is 430 g/mol. The average Bonchev–Trinajstić information content (AvgIpc) is 3.27. The lowest BCUT2D eigenvalue weighted by Gasteiger charge is -2.22. The van der Waals surface area contributed by atoms with Gasteiger partial charge in [-0.15, -0.1) is 0 Å². The zero-order chi connectivity index (χ0) is 22.1. The first-order valence-electron chi connectivity index (χ1n) is 10.3. The summed E-state index contributed by atoms with van der Waals surface area (Å²) in [6.45, 7) is 2.64. The van der Waals surface area contributed by atoms with Gasteiger partial charge in [-0.3, -0.25) is 9.78 Å². The number of nitrogens with one attached hydrogen (secondary N) is 1. The molecule has 9 heteroatoms. The quantitative estimate of drug-likeness (QED) is 0.515. The molecule has 5 rings (SSSR count). The number of ether oxygens (including phenoxy) is 2. The third-order valence-electron chi connectivity index (χ3n) is 5.49. The number of anilines is 1. The van der Waals surface area contributed by atoms with Crippen LogP contribution in [-0.2, 0) is 4.74 Å². The van der Waals surface area contributed by atoms with E-state index in [1.165, 1.54) is 10.7 Å². The van der Waals surface area contributed by atoms with Crippen LogP contribution in [0.15, 0.2) is 59.7 Å². The molecule has 3 aromatic heterocycles. The number of aromatic nitrogens is 5. The van der Waals surface area contributed by atoms with E-state index in [1.807, 2.05) is 37.3 Å². The molecule has 1 aliphatic rings. The topological polar surface area (TPSA) is 104 Å². The van der Waals surface area contributed by atoms with E-state index in [1.54, 1.807) is 25.6 Å². The van der Waals surface area contributed by atoms with Crippen molar-refractivity contribution in [3.05, 3.63) is 71.0 Å². The number of nitrogens with zero attached hydrogens (tertiary/aromatic N) is 5. The number of rotatable bonds is 5. The molecule has 1 saturated heterocycles. The molecule has 4 heterocycles. The molecule has 0 radical (unpaired) electrons. The Kier molecular flexibility index (Phi) is 5.24. The SMILES string of the molecule is COc1cccc(-c2ccc(=O)n(C3COCC3Nc3nc(C)nc4cnccc34)n2)c1. The van der Waals surface area contributed by atoms with Crippen molar-refractivity contribution in [2.45, 2.75) is 19.0 Å². The molecule has 1 aliphatic heterocycles. The lowest BCUT2D eigenvalue weighted by atomic mass is 10.1. The molecule has 2 unspecified atom stereocenters. The van der Waals surface area contributed by atoms with Gasteiger partial charge in [-0.2, -0.15) is 5.10 Å². The van der Waals surface area contributed by atoms with Gasteiger partial charge in [0.2, 0.25) is 0 Å². The van der Waals surface area contributed by atoms with Gasteiger partial charge in [-0.25, -0.2) is 14.6 Å². The maximum Gasteiger partial charge on any atom is 0.267 e. The van der Waals surface area contributed by atoms with E-state index in [-0.39, 0.29) is 17.6 Å². The molecular weight excluding hydrogens is 408 g/mol. The molecule has 1 N–H and O–H groups in total. The first-order valence-corrected chi connectivity index (χ1v) is 10.3. The van der Waals surface area contributed by atoms with Crippen LogP contribution in [-0.4, -0.2) is 51.1 Å². The summed E-state index contributed by atoms with van der Waals surface area (Å²) in [5.41, 5.74) is 2.12. The molecule has 9 nitrogen and oxygen atoms in total. The highest BCUT2D eigenvalue weighted by atomic mass is 16.5. The first kappa shape index (κ1) is 20.1. The van der Waals surface area contributed by atoms with Crippen molar-refractivity contribution in [3.63, 3.8) is 0 Å². The predicted octanol–water partition coefficient (Wildman–Crippen LogP) is 2.62. The molecule has 0 bridgehead atoms. The van der Waals surface area contributed by atoms with E-state index in [9.17, 15) is 4.79 Å². The van der Waals surface area contributed by atoms with E-state index in [4.69, 9.17) is 9.47 Å². The largest absolute Gasteiger partial charge is 0.497 e. The van der Waals surface area contributed by atoms with Crippen LogP contribution in [0.1, 0.15) is 11.9 Å². The van der Waals surface area contributed by atoms with Crippen LogP contribution in [0.5, 0.6) is 5.75 Å². The second-order valence-corrected chi connectivity index (χ2v) is 7.60. The van der Waals surface area contributed by atoms with Crippen molar-refractivity contribution in [3.8, 4) is 17.0 Å². The third kappa shape index (κ3) is 3.78. The molecule has 0 spiro atoms. The summed E-state index contributed by atoms with van der Waals surface area (Å²) in [5, 5.41) is 8.97. The van der Waals surface area contributed by atoms with E-state index < -0.39 is 0 Å². The Morgan fingerprint density at radius 2 is 2.06 bits per heavy atom.